The maximum absolute atomic E-state index is 5.29. The van der Waals surface area contributed by atoms with E-state index in [1.165, 1.54) is 43.6 Å². The minimum absolute atomic E-state index is 0. The average Bonchev–Trinajstić information content (AvgIpc) is 4.03. The molecule has 0 saturated carbocycles. The molecule has 62 heavy (non-hydrogen) atoms. The zero-order chi connectivity index (χ0) is 42.8. The first-order chi connectivity index (χ1) is 29.4. The van der Waals surface area contributed by atoms with Gasteiger partial charge in [-0.2, -0.15) is 0 Å². The number of pyridine rings is 1. The van der Waals surface area contributed by atoms with Crippen molar-refractivity contribution in [1.29, 1.82) is 0 Å². The number of hydrogen-bond donors (Lipinski definition) is 0. The second kappa shape index (κ2) is 19.3. The summed E-state index contributed by atoms with van der Waals surface area (Å²) in [5, 5.41) is 4.83. The van der Waals surface area contributed by atoms with Crippen LogP contribution in [0.5, 0.6) is 0 Å². The number of fused-ring (bicyclic) bond motifs is 2. The van der Waals surface area contributed by atoms with Crippen LogP contribution in [-0.2, 0) is 26.5 Å². The molecule has 0 bridgehead atoms. The Balaban J connectivity index is 0.000000233. The van der Waals surface area contributed by atoms with Crippen LogP contribution in [0, 0.1) is 17.4 Å². The molecular formula is C55H56GeIrN4S-2. The van der Waals surface area contributed by atoms with Gasteiger partial charge in [0.25, 0.3) is 0 Å². The van der Waals surface area contributed by atoms with Gasteiger partial charge in [-0.3, -0.25) is 16.3 Å². The summed E-state index contributed by atoms with van der Waals surface area (Å²) in [6, 6.07) is 48.4. The topological polar surface area (TPSA) is 35.6 Å². The molecule has 317 valence electrons. The molecule has 4 heterocycles. The summed E-state index contributed by atoms with van der Waals surface area (Å²) in [7, 11) is 0. The van der Waals surface area contributed by atoms with Crippen LogP contribution in [0.2, 0.25) is 17.3 Å². The molecule has 0 N–H and O–H groups in total. The molecular weight excluding hydrogens is 1010 g/mol. The fourth-order valence-corrected chi connectivity index (χ4v) is 12.5. The summed E-state index contributed by atoms with van der Waals surface area (Å²) >= 11 is -0.196. The van der Waals surface area contributed by atoms with E-state index in [2.05, 4.69) is 207 Å². The van der Waals surface area contributed by atoms with E-state index in [0.717, 1.165) is 45.8 Å². The molecule has 4 nitrogen and oxygen atoms in total. The van der Waals surface area contributed by atoms with Crippen LogP contribution in [0.15, 0.2) is 146 Å². The molecule has 0 saturated heterocycles. The van der Waals surface area contributed by atoms with E-state index in [-0.39, 0.29) is 20.1 Å². The molecule has 0 aliphatic carbocycles. The first-order valence-corrected chi connectivity index (χ1v) is 29.8. The number of hydrogen-bond acceptors (Lipinski definition) is 3. The van der Waals surface area contributed by atoms with Gasteiger partial charge < -0.3 is 9.13 Å². The molecule has 0 atom stereocenters. The fourth-order valence-electron chi connectivity index (χ4n) is 8.31. The monoisotopic (exact) mass is 1070 g/mol. The van der Waals surface area contributed by atoms with Gasteiger partial charge in [-0.1, -0.05) is 97.9 Å². The Bertz CT molecular complexity index is 2870. The molecule has 1 radical (unpaired) electrons. The summed E-state index contributed by atoms with van der Waals surface area (Å²) in [4.78, 5) is 9.99. The van der Waals surface area contributed by atoms with E-state index in [9.17, 15) is 0 Å². The average molecular weight is 1070 g/mol. The predicted octanol–water partition coefficient (Wildman–Crippen LogP) is 14.7. The number of rotatable bonds is 10. The SMILES string of the molecule is CC(C)Cc1cc(-c2[c-]cccc2)nc[c]1[Ge]([CH3])([CH3])[CH3].CC(C)c1cc(-c2ccccc2)cc(C(C)C)c1-n1c(-c2[c-]sc3ccc(-n4cccc4)cc23)nc2ccccc21.[Ir]. The predicted molar refractivity (Wildman–Crippen MR) is 264 cm³/mol. The minimum Gasteiger partial charge on any atom is -0.333 e. The van der Waals surface area contributed by atoms with Gasteiger partial charge >= 0.3 is 126 Å². The van der Waals surface area contributed by atoms with Crippen molar-refractivity contribution in [3.63, 3.8) is 0 Å². The molecule has 0 aliphatic heterocycles. The van der Waals surface area contributed by atoms with Gasteiger partial charge in [-0.25, -0.2) is 0 Å². The minimum atomic E-state index is -1.86. The van der Waals surface area contributed by atoms with Gasteiger partial charge in [0.05, 0.1) is 16.9 Å². The molecule has 0 fully saturated rings. The maximum Gasteiger partial charge on any atom is 0.0774 e. The van der Waals surface area contributed by atoms with Gasteiger partial charge in [-0.05, 0) is 76.6 Å². The molecule has 7 heteroatoms. The molecule has 0 amide bonds. The second-order valence-corrected chi connectivity index (χ2v) is 29.6. The second-order valence-electron chi connectivity index (χ2n) is 18.1. The van der Waals surface area contributed by atoms with Crippen molar-refractivity contribution in [3.8, 4) is 45.1 Å². The third kappa shape index (κ3) is 9.55. The summed E-state index contributed by atoms with van der Waals surface area (Å²) in [5.41, 5.74) is 14.3. The molecule has 9 aromatic rings. The van der Waals surface area contributed by atoms with E-state index < -0.39 is 13.3 Å². The maximum atomic E-state index is 5.29. The van der Waals surface area contributed by atoms with E-state index in [0.29, 0.717) is 17.8 Å². The summed E-state index contributed by atoms with van der Waals surface area (Å²) < 4.78 is 7.31. The number of thiophene rings is 1. The van der Waals surface area contributed by atoms with Gasteiger partial charge in [-0.15, -0.1) is 5.39 Å². The Morgan fingerprint density at radius 2 is 1.39 bits per heavy atom. The van der Waals surface area contributed by atoms with Crippen molar-refractivity contribution in [2.24, 2.45) is 5.92 Å². The molecule has 4 aromatic heterocycles. The quantitative estimate of drug-likeness (QED) is 0.101. The standard InChI is InChI=1S/C37H32N3S.C18H24GeN.Ir/c1-24(2)29-20-27(26-12-6-5-7-13-26)21-30(25(3)4)36(29)40-34-15-9-8-14-33(34)38-37(40)32-23-41-35-17-16-28(22-31(32)35)39-18-10-11-19-39;1-14(2)11-16-12-18(15-9-7-6-8-10-15)20-13-17(16)19(3,4)5;/h5-22,24-25H,1-4H3;6-9,12-14H,11H2,1-5H3;/q2*-1;. The van der Waals surface area contributed by atoms with Crippen LogP contribution >= 0.6 is 11.3 Å². The summed E-state index contributed by atoms with van der Waals surface area (Å²) in [6.45, 7) is 13.8. The van der Waals surface area contributed by atoms with Gasteiger partial charge in [0, 0.05) is 43.9 Å². The van der Waals surface area contributed by atoms with Crippen molar-refractivity contribution >= 4 is 50.1 Å². The molecule has 0 spiro atoms. The Morgan fingerprint density at radius 3 is 2.03 bits per heavy atom. The largest absolute Gasteiger partial charge is 0.333 e. The van der Waals surface area contributed by atoms with Crippen molar-refractivity contribution in [3.05, 3.63) is 174 Å². The van der Waals surface area contributed by atoms with Crippen LogP contribution in [0.3, 0.4) is 0 Å². The summed E-state index contributed by atoms with van der Waals surface area (Å²) in [5.74, 6) is 9.58. The zero-order valence-corrected chi connectivity index (χ0v) is 42.6. The van der Waals surface area contributed by atoms with Crippen LogP contribution in [0.1, 0.15) is 70.1 Å². The van der Waals surface area contributed by atoms with Gasteiger partial charge in [0.15, 0.2) is 0 Å². The van der Waals surface area contributed by atoms with Gasteiger partial charge in [0.2, 0.25) is 0 Å². The molecule has 0 aliphatic rings. The van der Waals surface area contributed by atoms with E-state index in [1.807, 2.05) is 18.2 Å². The zero-order valence-electron chi connectivity index (χ0n) is 37.3. The van der Waals surface area contributed by atoms with Crippen molar-refractivity contribution < 1.29 is 20.1 Å². The Kier molecular flexibility index (Phi) is 14.0. The Labute approximate surface area is 388 Å². The van der Waals surface area contributed by atoms with E-state index >= 15 is 0 Å². The number of benzene rings is 5. The number of imidazole rings is 1. The van der Waals surface area contributed by atoms with Gasteiger partial charge in [0.1, 0.15) is 0 Å². The Hall–Kier alpha value is -4.85. The fraction of sp³-hybridized carbons (Fsp3) is 0.236. The van der Waals surface area contributed by atoms with E-state index in [4.69, 9.17) is 9.97 Å². The third-order valence-corrected chi connectivity index (χ3v) is 16.6. The Morgan fingerprint density at radius 1 is 0.710 bits per heavy atom. The van der Waals surface area contributed by atoms with Crippen LogP contribution < -0.4 is 4.40 Å². The number of para-hydroxylation sites is 2. The number of nitrogens with zero attached hydrogens (tertiary/aromatic N) is 4. The smallest absolute Gasteiger partial charge is 0.0774 e. The molecule has 0 unspecified atom stereocenters. The van der Waals surface area contributed by atoms with Crippen molar-refractivity contribution in [1.82, 2.24) is 19.1 Å². The number of aromatic nitrogens is 4. The molecule has 5 aromatic carbocycles. The third-order valence-electron chi connectivity index (χ3n) is 11.3. The first kappa shape index (κ1) is 45.2. The first-order valence-electron chi connectivity index (χ1n) is 21.6. The van der Waals surface area contributed by atoms with Crippen molar-refractivity contribution in [2.75, 3.05) is 0 Å². The molecule has 9 rings (SSSR count). The van der Waals surface area contributed by atoms with Crippen LogP contribution in [0.4, 0.5) is 0 Å². The van der Waals surface area contributed by atoms with E-state index in [1.54, 1.807) is 15.7 Å². The normalized spacial score (nSPS) is 11.7. The van der Waals surface area contributed by atoms with Crippen molar-refractivity contribution in [2.45, 2.75) is 77.1 Å². The van der Waals surface area contributed by atoms with Crippen LogP contribution in [-0.4, -0.2) is 32.4 Å². The summed E-state index contributed by atoms with van der Waals surface area (Å²) in [6.07, 6.45) is 7.45. The van der Waals surface area contributed by atoms with Crippen LogP contribution in [0.25, 0.3) is 66.3 Å².